The van der Waals surface area contributed by atoms with Crippen molar-refractivity contribution in [3.63, 3.8) is 0 Å². The van der Waals surface area contributed by atoms with E-state index in [9.17, 15) is 19.2 Å². The second-order valence-corrected chi connectivity index (χ2v) is 3.09. The minimum atomic E-state index is -3.34. The fourth-order valence-corrected chi connectivity index (χ4v) is 0.896. The summed E-state index contributed by atoms with van der Waals surface area (Å²) < 4.78 is 15.7. The fourth-order valence-electron chi connectivity index (χ4n) is 0.518. The van der Waals surface area contributed by atoms with Gasteiger partial charge in [0.2, 0.25) is 0 Å². The molecule has 0 unspecified atom stereocenters. The van der Waals surface area contributed by atoms with Gasteiger partial charge in [0.25, 0.3) is 0 Å². The van der Waals surface area contributed by atoms with Gasteiger partial charge in [-0.25, -0.2) is 19.2 Å². The SMILES string of the molecule is O=C(Cl)OC(OC(=O)Cl)(OC(=O)Cl)OC(=O)Cl. The van der Waals surface area contributed by atoms with Crippen LogP contribution >= 0.6 is 46.4 Å². The summed E-state index contributed by atoms with van der Waals surface area (Å²) in [4.78, 5) is 41.8. The molecule has 12 heteroatoms. The Hall–Kier alpha value is -0.960. The maximum Gasteiger partial charge on any atom is 0.623 e. The van der Waals surface area contributed by atoms with Crippen LogP contribution in [0.4, 0.5) is 19.2 Å². The van der Waals surface area contributed by atoms with Crippen LogP contribution in [0.25, 0.3) is 0 Å². The summed E-state index contributed by atoms with van der Waals surface area (Å²) in [6, 6.07) is 0. The highest BCUT2D eigenvalue weighted by Crippen LogP contribution is 2.23. The van der Waals surface area contributed by atoms with E-state index in [1.807, 2.05) is 0 Å². The van der Waals surface area contributed by atoms with Crippen molar-refractivity contribution in [3.05, 3.63) is 0 Å². The lowest BCUT2D eigenvalue weighted by Crippen LogP contribution is -2.45. The Morgan fingerprint density at radius 1 is 0.588 bits per heavy atom. The third kappa shape index (κ3) is 7.05. The fraction of sp³-hybridized carbons (Fsp3) is 0.200. The van der Waals surface area contributed by atoms with E-state index in [2.05, 4.69) is 18.9 Å². The Balaban J connectivity index is 5.16. The molecule has 0 saturated carbocycles. The van der Waals surface area contributed by atoms with Crippen LogP contribution in [-0.4, -0.2) is 27.9 Å². The second-order valence-electron chi connectivity index (χ2n) is 1.86. The number of carbonyl (C=O) groups is 4. The first-order valence-corrected chi connectivity index (χ1v) is 4.72. The van der Waals surface area contributed by atoms with Crippen LogP contribution in [0.5, 0.6) is 0 Å². The third-order valence-corrected chi connectivity index (χ3v) is 1.13. The summed E-state index contributed by atoms with van der Waals surface area (Å²) in [6.07, 6.45) is -3.34. The van der Waals surface area contributed by atoms with Gasteiger partial charge < -0.3 is 18.9 Å². The normalized spacial score (nSPS) is 10.1. The van der Waals surface area contributed by atoms with Gasteiger partial charge in [-0.15, -0.1) is 0 Å². The molecule has 17 heavy (non-hydrogen) atoms. The van der Waals surface area contributed by atoms with Gasteiger partial charge in [-0.05, 0) is 0 Å². The van der Waals surface area contributed by atoms with Crippen LogP contribution in [-0.2, 0) is 18.9 Å². The van der Waals surface area contributed by atoms with Gasteiger partial charge in [-0.3, -0.25) is 0 Å². The lowest BCUT2D eigenvalue weighted by Gasteiger charge is -2.24. The van der Waals surface area contributed by atoms with E-state index in [1.165, 1.54) is 0 Å². The average molecular weight is 330 g/mol. The first kappa shape index (κ1) is 16.0. The zero-order chi connectivity index (χ0) is 13.6. The Labute approximate surface area is 113 Å². The highest BCUT2D eigenvalue weighted by Gasteiger charge is 2.49. The van der Waals surface area contributed by atoms with Crippen LogP contribution in [0.3, 0.4) is 0 Å². The molecule has 0 aliphatic rings. The average Bonchev–Trinajstić information content (AvgIpc) is 1.95. The monoisotopic (exact) mass is 328 g/mol. The Bertz CT molecular complexity index is 284. The zero-order valence-corrected chi connectivity index (χ0v) is 10.3. The quantitative estimate of drug-likeness (QED) is 0.572. The topological polar surface area (TPSA) is 105 Å². The predicted molar refractivity (Wildman–Crippen MR) is 52.1 cm³/mol. The molecule has 0 atom stereocenters. The van der Waals surface area contributed by atoms with Crippen molar-refractivity contribution in [2.24, 2.45) is 0 Å². The van der Waals surface area contributed by atoms with E-state index in [0.717, 1.165) is 0 Å². The molecule has 0 rings (SSSR count). The Kier molecular flexibility index (Phi) is 6.32. The predicted octanol–water partition coefficient (Wildman–Crippen LogP) is 3.10. The maximum absolute atomic E-state index is 10.4. The second kappa shape index (κ2) is 6.70. The molecule has 0 radical (unpaired) electrons. The van der Waals surface area contributed by atoms with E-state index in [-0.39, 0.29) is 0 Å². The van der Waals surface area contributed by atoms with Crippen LogP contribution in [0.15, 0.2) is 0 Å². The van der Waals surface area contributed by atoms with Crippen molar-refractivity contribution in [2.75, 3.05) is 0 Å². The van der Waals surface area contributed by atoms with Crippen molar-refractivity contribution >= 4 is 68.1 Å². The van der Waals surface area contributed by atoms with E-state index >= 15 is 0 Å². The molecular formula is C5Cl4O8. The minimum Gasteiger partial charge on any atom is -0.339 e. The van der Waals surface area contributed by atoms with Crippen LogP contribution in [0.2, 0.25) is 0 Å². The van der Waals surface area contributed by atoms with Crippen molar-refractivity contribution in [3.8, 4) is 0 Å². The molecule has 0 heterocycles. The van der Waals surface area contributed by atoms with Crippen LogP contribution < -0.4 is 0 Å². The summed E-state index contributed by atoms with van der Waals surface area (Å²) in [5.41, 5.74) is -6.73. The molecule has 0 saturated heterocycles. The molecule has 0 aromatic heterocycles. The molecular weight excluding hydrogens is 330 g/mol. The highest BCUT2D eigenvalue weighted by molar-refractivity contribution is 6.63. The molecule has 96 valence electrons. The van der Waals surface area contributed by atoms with E-state index in [4.69, 9.17) is 46.4 Å². The van der Waals surface area contributed by atoms with E-state index in [1.54, 1.807) is 0 Å². The molecule has 0 aliphatic heterocycles. The molecule has 0 N–H and O–H groups in total. The summed E-state index contributed by atoms with van der Waals surface area (Å²) in [7, 11) is 0. The van der Waals surface area contributed by atoms with Crippen molar-refractivity contribution in [1.82, 2.24) is 0 Å². The van der Waals surface area contributed by atoms with Crippen molar-refractivity contribution in [1.29, 1.82) is 0 Å². The van der Waals surface area contributed by atoms with Crippen LogP contribution in [0.1, 0.15) is 0 Å². The van der Waals surface area contributed by atoms with Gasteiger partial charge in [0.1, 0.15) is 0 Å². The van der Waals surface area contributed by atoms with Gasteiger partial charge in [-0.1, -0.05) is 0 Å². The maximum atomic E-state index is 10.4. The summed E-state index contributed by atoms with van der Waals surface area (Å²) >= 11 is 19.0. The summed E-state index contributed by atoms with van der Waals surface area (Å²) in [5.74, 6) is 0. The number of halogens is 4. The molecule has 0 aromatic carbocycles. The first-order valence-electron chi connectivity index (χ1n) is 3.21. The summed E-state index contributed by atoms with van der Waals surface area (Å²) in [5, 5.41) is 0. The molecule has 0 aliphatic carbocycles. The van der Waals surface area contributed by atoms with Crippen LogP contribution in [0, 0.1) is 0 Å². The molecule has 0 aromatic rings. The smallest absolute Gasteiger partial charge is 0.339 e. The molecule has 0 amide bonds. The number of carbonyl (C=O) groups excluding carboxylic acids is 4. The van der Waals surface area contributed by atoms with Gasteiger partial charge in [-0.2, -0.15) is 0 Å². The molecule has 0 spiro atoms. The van der Waals surface area contributed by atoms with E-state index < -0.39 is 27.9 Å². The summed E-state index contributed by atoms with van der Waals surface area (Å²) in [6.45, 7) is 0. The zero-order valence-electron chi connectivity index (χ0n) is 7.28. The van der Waals surface area contributed by atoms with Gasteiger partial charge >= 0.3 is 27.9 Å². The van der Waals surface area contributed by atoms with Gasteiger partial charge in [0, 0.05) is 46.4 Å². The highest BCUT2D eigenvalue weighted by atomic mass is 35.5. The molecule has 0 fully saturated rings. The lowest BCUT2D eigenvalue weighted by molar-refractivity contribution is -0.404. The molecule has 0 bridgehead atoms. The van der Waals surface area contributed by atoms with Gasteiger partial charge in [0.05, 0.1) is 0 Å². The number of ether oxygens (including phenoxy) is 4. The van der Waals surface area contributed by atoms with Crippen molar-refractivity contribution < 1.29 is 38.1 Å². The van der Waals surface area contributed by atoms with E-state index in [0.29, 0.717) is 0 Å². The third-order valence-electron chi connectivity index (χ3n) is 0.821. The number of rotatable bonds is 4. The minimum absolute atomic E-state index is 1.68. The largest absolute Gasteiger partial charge is 0.623 e. The van der Waals surface area contributed by atoms with Crippen molar-refractivity contribution in [2.45, 2.75) is 6.16 Å². The first-order chi connectivity index (χ1) is 7.67. The Morgan fingerprint density at radius 2 is 0.765 bits per heavy atom. The number of hydrogen-bond acceptors (Lipinski definition) is 8. The lowest BCUT2D eigenvalue weighted by atomic mass is 11.0. The number of hydrogen-bond donors (Lipinski definition) is 0. The van der Waals surface area contributed by atoms with Gasteiger partial charge in [0.15, 0.2) is 0 Å². The Morgan fingerprint density at radius 3 is 0.882 bits per heavy atom. The molecule has 8 nitrogen and oxygen atoms in total. The standard InChI is InChI=1S/C5Cl4O8/c6-1(10)14-5(15-2(7)11,16-3(8)12)17-4(9)13.